The van der Waals surface area contributed by atoms with Crippen LogP contribution in [0.3, 0.4) is 0 Å². The van der Waals surface area contributed by atoms with Crippen molar-refractivity contribution in [3.63, 3.8) is 0 Å². The van der Waals surface area contributed by atoms with Crippen molar-refractivity contribution >= 4 is 27.0 Å². The summed E-state index contributed by atoms with van der Waals surface area (Å²) < 4.78 is 7.94. The predicted octanol–water partition coefficient (Wildman–Crippen LogP) is 2.99. The van der Waals surface area contributed by atoms with Gasteiger partial charge in [-0.3, -0.25) is 4.68 Å². The minimum Gasteiger partial charge on any atom is -0.461 e. The molecule has 3 rings (SSSR count). The molecule has 16 heavy (non-hydrogen) atoms. The Morgan fingerprint density at radius 2 is 2.25 bits per heavy atom. The Hall–Kier alpha value is -1.62. The monoisotopic (exact) mass is 277 g/mol. The molecule has 3 heterocycles. The number of aromatic nitrogens is 3. The van der Waals surface area contributed by atoms with E-state index in [0.29, 0.717) is 0 Å². The van der Waals surface area contributed by atoms with E-state index in [2.05, 4.69) is 26.0 Å². The first-order valence-electron chi connectivity index (χ1n) is 4.77. The molecule has 0 saturated carbocycles. The van der Waals surface area contributed by atoms with Crippen molar-refractivity contribution in [3.05, 3.63) is 35.3 Å². The number of rotatable bonds is 1. The number of hydrogen-bond acceptors (Lipinski definition) is 3. The zero-order chi connectivity index (χ0) is 11.1. The van der Waals surface area contributed by atoms with Gasteiger partial charge in [-0.1, -0.05) is 0 Å². The van der Waals surface area contributed by atoms with E-state index in [1.54, 1.807) is 17.1 Å². The molecular weight excluding hydrogens is 270 g/mol. The van der Waals surface area contributed by atoms with Crippen molar-refractivity contribution in [1.29, 1.82) is 0 Å². The maximum Gasteiger partial charge on any atom is 0.153 e. The third kappa shape index (κ3) is 1.44. The van der Waals surface area contributed by atoms with Gasteiger partial charge < -0.3 is 4.42 Å². The summed E-state index contributed by atoms with van der Waals surface area (Å²) in [7, 11) is 1.88. The van der Waals surface area contributed by atoms with Crippen LogP contribution in [0.15, 0.2) is 39.7 Å². The quantitative estimate of drug-likeness (QED) is 0.687. The van der Waals surface area contributed by atoms with Gasteiger partial charge in [0.05, 0.1) is 16.4 Å². The molecule has 0 saturated heterocycles. The molecule has 0 N–H and O–H groups in total. The largest absolute Gasteiger partial charge is 0.461 e. The molecule has 4 nitrogen and oxygen atoms in total. The number of hydrogen-bond donors (Lipinski definition) is 0. The van der Waals surface area contributed by atoms with E-state index < -0.39 is 0 Å². The molecule has 0 fully saturated rings. The Balaban J connectivity index is 2.21. The van der Waals surface area contributed by atoms with Gasteiger partial charge in [-0.05, 0) is 28.1 Å². The SMILES string of the molecule is Cn1cc(-c2ccc3occ(Br)c3n2)cn1. The average Bonchev–Trinajstić information content (AvgIpc) is 2.86. The van der Waals surface area contributed by atoms with Crippen LogP contribution in [-0.2, 0) is 7.05 Å². The lowest BCUT2D eigenvalue weighted by Crippen LogP contribution is -1.84. The number of aryl methyl sites for hydroxylation is 1. The van der Waals surface area contributed by atoms with Crippen LogP contribution < -0.4 is 0 Å². The minimum atomic E-state index is 0.777. The van der Waals surface area contributed by atoms with Crippen molar-refractivity contribution in [2.75, 3.05) is 0 Å². The van der Waals surface area contributed by atoms with E-state index in [-0.39, 0.29) is 0 Å². The van der Waals surface area contributed by atoms with Gasteiger partial charge in [0.1, 0.15) is 11.8 Å². The standard InChI is InChI=1S/C11H8BrN3O/c1-15-5-7(4-13-15)9-2-3-10-11(14-9)8(12)6-16-10/h2-6H,1H3. The van der Waals surface area contributed by atoms with Crippen LogP contribution in [0.4, 0.5) is 0 Å². The summed E-state index contributed by atoms with van der Waals surface area (Å²) in [6, 6.07) is 3.84. The summed E-state index contributed by atoms with van der Waals surface area (Å²) in [6.07, 6.45) is 5.37. The summed E-state index contributed by atoms with van der Waals surface area (Å²) >= 11 is 3.40. The summed E-state index contributed by atoms with van der Waals surface area (Å²) in [5.74, 6) is 0. The molecule has 0 spiro atoms. The second-order valence-electron chi connectivity index (χ2n) is 3.53. The lowest BCUT2D eigenvalue weighted by molar-refractivity contribution is 0.613. The summed E-state index contributed by atoms with van der Waals surface area (Å²) in [4.78, 5) is 4.52. The van der Waals surface area contributed by atoms with Crippen LogP contribution in [0.25, 0.3) is 22.4 Å². The van der Waals surface area contributed by atoms with E-state index in [0.717, 1.165) is 26.8 Å². The first kappa shape index (κ1) is 9.59. The third-order valence-electron chi connectivity index (χ3n) is 2.37. The Morgan fingerprint density at radius 3 is 3.00 bits per heavy atom. The summed E-state index contributed by atoms with van der Waals surface area (Å²) in [5.41, 5.74) is 3.50. The highest BCUT2D eigenvalue weighted by atomic mass is 79.9. The molecule has 0 atom stereocenters. The van der Waals surface area contributed by atoms with Crippen molar-refractivity contribution < 1.29 is 4.42 Å². The summed E-state index contributed by atoms with van der Waals surface area (Å²) in [5, 5.41) is 4.12. The smallest absolute Gasteiger partial charge is 0.153 e. The fraction of sp³-hybridized carbons (Fsp3) is 0.0909. The topological polar surface area (TPSA) is 43.9 Å². The highest BCUT2D eigenvalue weighted by Gasteiger charge is 2.08. The fourth-order valence-electron chi connectivity index (χ4n) is 1.60. The zero-order valence-corrected chi connectivity index (χ0v) is 10.1. The van der Waals surface area contributed by atoms with Crippen LogP contribution in [0.1, 0.15) is 0 Å². The first-order chi connectivity index (χ1) is 7.74. The Labute approximate surface area is 100 Å². The molecule has 0 radical (unpaired) electrons. The van der Waals surface area contributed by atoms with Gasteiger partial charge >= 0.3 is 0 Å². The first-order valence-corrected chi connectivity index (χ1v) is 5.56. The predicted molar refractivity (Wildman–Crippen MR) is 63.9 cm³/mol. The minimum absolute atomic E-state index is 0.777. The fourth-order valence-corrected chi connectivity index (χ4v) is 1.98. The van der Waals surface area contributed by atoms with E-state index in [1.165, 1.54) is 0 Å². The van der Waals surface area contributed by atoms with Crippen molar-refractivity contribution in [2.45, 2.75) is 0 Å². The van der Waals surface area contributed by atoms with Crippen LogP contribution in [-0.4, -0.2) is 14.8 Å². The number of furan rings is 1. The molecule has 3 aromatic heterocycles. The summed E-state index contributed by atoms with van der Waals surface area (Å²) in [6.45, 7) is 0. The number of pyridine rings is 1. The third-order valence-corrected chi connectivity index (χ3v) is 2.94. The van der Waals surface area contributed by atoms with E-state index in [9.17, 15) is 0 Å². The molecule has 0 aliphatic rings. The van der Waals surface area contributed by atoms with Gasteiger partial charge in [0.25, 0.3) is 0 Å². The maximum atomic E-state index is 5.31. The van der Waals surface area contributed by atoms with Crippen LogP contribution in [0, 0.1) is 0 Å². The molecule has 0 amide bonds. The molecule has 80 valence electrons. The molecule has 0 unspecified atom stereocenters. The second-order valence-corrected chi connectivity index (χ2v) is 4.38. The van der Waals surface area contributed by atoms with Crippen LogP contribution in [0.2, 0.25) is 0 Å². The van der Waals surface area contributed by atoms with Crippen LogP contribution in [0.5, 0.6) is 0 Å². The molecule has 0 bridgehead atoms. The van der Waals surface area contributed by atoms with Crippen molar-refractivity contribution in [2.24, 2.45) is 7.05 Å². The van der Waals surface area contributed by atoms with Gasteiger partial charge in [-0.2, -0.15) is 5.10 Å². The molecule has 3 aromatic rings. The lowest BCUT2D eigenvalue weighted by Gasteiger charge is -1.96. The van der Waals surface area contributed by atoms with Gasteiger partial charge in [-0.25, -0.2) is 4.98 Å². The average molecular weight is 278 g/mol. The highest BCUT2D eigenvalue weighted by molar-refractivity contribution is 9.10. The number of fused-ring (bicyclic) bond motifs is 1. The highest BCUT2D eigenvalue weighted by Crippen LogP contribution is 2.27. The molecule has 0 aromatic carbocycles. The van der Waals surface area contributed by atoms with Gasteiger partial charge in [0.15, 0.2) is 5.58 Å². The molecule has 0 aliphatic carbocycles. The Bertz CT molecular complexity index is 656. The van der Waals surface area contributed by atoms with Crippen molar-refractivity contribution in [3.8, 4) is 11.3 Å². The van der Waals surface area contributed by atoms with E-state index in [4.69, 9.17) is 4.42 Å². The Kier molecular flexibility index (Phi) is 2.07. The van der Waals surface area contributed by atoms with Gasteiger partial charge in [0.2, 0.25) is 0 Å². The van der Waals surface area contributed by atoms with Crippen LogP contribution >= 0.6 is 15.9 Å². The zero-order valence-electron chi connectivity index (χ0n) is 8.51. The van der Waals surface area contributed by atoms with E-state index >= 15 is 0 Å². The van der Waals surface area contributed by atoms with Gasteiger partial charge in [-0.15, -0.1) is 0 Å². The molecule has 5 heteroatoms. The number of nitrogens with zero attached hydrogens (tertiary/aromatic N) is 3. The molecule has 0 aliphatic heterocycles. The normalized spacial score (nSPS) is 11.1. The second kappa shape index (κ2) is 3.45. The van der Waals surface area contributed by atoms with Gasteiger partial charge in [0, 0.05) is 18.8 Å². The Morgan fingerprint density at radius 1 is 1.38 bits per heavy atom. The lowest BCUT2D eigenvalue weighted by atomic mass is 10.2. The van der Waals surface area contributed by atoms with Crippen molar-refractivity contribution in [1.82, 2.24) is 14.8 Å². The maximum absolute atomic E-state index is 5.31. The van der Waals surface area contributed by atoms with E-state index in [1.807, 2.05) is 25.4 Å². The molecular formula is C11H8BrN3O. The number of halogens is 1.